The Morgan fingerprint density at radius 3 is 2.52 bits per heavy atom. The molecule has 2 rings (SSSR count). The second-order valence-electron chi connectivity index (χ2n) is 6.04. The normalized spacial score (nSPS) is 11.5. The molecule has 4 nitrogen and oxygen atoms in total. The van der Waals surface area contributed by atoms with Gasteiger partial charge in [0.05, 0.1) is 6.10 Å². The molecule has 2 aromatic carbocycles. The summed E-state index contributed by atoms with van der Waals surface area (Å²) in [5, 5.41) is 6.55. The monoisotopic (exact) mass is 343 g/mol. The third-order valence-electron chi connectivity index (χ3n) is 3.57. The number of hydrogen-bond donors (Lipinski definition) is 2. The summed E-state index contributed by atoms with van der Waals surface area (Å²) in [4.78, 5) is 4.22. The van der Waals surface area contributed by atoms with E-state index in [4.69, 9.17) is 4.74 Å². The van der Waals surface area contributed by atoms with Crippen LogP contribution in [0.1, 0.15) is 25.0 Å². The molecule has 0 aliphatic heterocycles. The lowest BCUT2D eigenvalue weighted by molar-refractivity contribution is 0.242. The molecule has 0 aromatic heterocycles. The summed E-state index contributed by atoms with van der Waals surface area (Å²) >= 11 is 0. The van der Waals surface area contributed by atoms with Crippen LogP contribution in [0.5, 0.6) is 5.75 Å². The van der Waals surface area contributed by atoms with Gasteiger partial charge in [0, 0.05) is 20.1 Å². The lowest BCUT2D eigenvalue weighted by Gasteiger charge is -2.14. The number of ether oxygens (including phenoxy) is 1. The van der Waals surface area contributed by atoms with Crippen LogP contribution < -0.4 is 15.4 Å². The van der Waals surface area contributed by atoms with Gasteiger partial charge in [-0.2, -0.15) is 0 Å². The summed E-state index contributed by atoms with van der Waals surface area (Å²) in [6.07, 6.45) is 0.961. The largest absolute Gasteiger partial charge is 0.491 e. The predicted molar refractivity (Wildman–Crippen MR) is 101 cm³/mol. The molecule has 25 heavy (non-hydrogen) atoms. The van der Waals surface area contributed by atoms with Crippen molar-refractivity contribution in [3.8, 4) is 5.75 Å². The van der Waals surface area contributed by atoms with Crippen LogP contribution in [0.2, 0.25) is 0 Å². The molecule has 0 aliphatic carbocycles. The minimum absolute atomic E-state index is 0.157. The molecule has 0 amide bonds. The zero-order valence-corrected chi connectivity index (χ0v) is 15.1. The number of guanidine groups is 1. The van der Waals surface area contributed by atoms with Crippen LogP contribution in [0.15, 0.2) is 53.5 Å². The van der Waals surface area contributed by atoms with Crippen molar-refractivity contribution in [2.45, 2.75) is 32.9 Å². The molecule has 0 bridgehead atoms. The van der Waals surface area contributed by atoms with Gasteiger partial charge in [0.15, 0.2) is 5.96 Å². The van der Waals surface area contributed by atoms with E-state index in [1.54, 1.807) is 19.2 Å². The van der Waals surface area contributed by atoms with Crippen molar-refractivity contribution in [1.29, 1.82) is 0 Å². The van der Waals surface area contributed by atoms with E-state index < -0.39 is 0 Å². The summed E-state index contributed by atoms with van der Waals surface area (Å²) in [7, 11) is 1.74. The Morgan fingerprint density at radius 1 is 1.08 bits per heavy atom. The topological polar surface area (TPSA) is 45.7 Å². The van der Waals surface area contributed by atoms with Gasteiger partial charge in [0.2, 0.25) is 0 Å². The highest BCUT2D eigenvalue weighted by Gasteiger charge is 2.02. The summed E-state index contributed by atoms with van der Waals surface area (Å²) in [5.74, 6) is 1.39. The molecule has 0 radical (unpaired) electrons. The number of nitrogens with one attached hydrogen (secondary N) is 2. The van der Waals surface area contributed by atoms with Crippen LogP contribution in [0.3, 0.4) is 0 Å². The van der Waals surface area contributed by atoms with Crippen molar-refractivity contribution >= 4 is 5.96 Å². The van der Waals surface area contributed by atoms with E-state index in [1.807, 2.05) is 38.1 Å². The molecule has 134 valence electrons. The second-order valence-corrected chi connectivity index (χ2v) is 6.04. The van der Waals surface area contributed by atoms with Crippen LogP contribution in [0.25, 0.3) is 0 Å². The highest BCUT2D eigenvalue weighted by atomic mass is 19.1. The first-order chi connectivity index (χ1) is 12.1. The minimum atomic E-state index is -0.210. The Labute approximate surface area is 149 Å². The zero-order chi connectivity index (χ0) is 18.1. The van der Waals surface area contributed by atoms with Crippen LogP contribution in [0, 0.1) is 5.82 Å². The highest BCUT2D eigenvalue weighted by molar-refractivity contribution is 5.79. The van der Waals surface area contributed by atoms with Gasteiger partial charge in [-0.1, -0.05) is 24.3 Å². The first kappa shape index (κ1) is 18.8. The molecule has 0 spiro atoms. The fourth-order valence-corrected chi connectivity index (χ4v) is 2.38. The average Bonchev–Trinajstić information content (AvgIpc) is 2.59. The number of hydrogen-bond acceptors (Lipinski definition) is 2. The number of benzene rings is 2. The molecule has 0 unspecified atom stereocenters. The van der Waals surface area contributed by atoms with Crippen molar-refractivity contribution in [3.05, 3.63) is 65.5 Å². The van der Waals surface area contributed by atoms with Gasteiger partial charge in [-0.25, -0.2) is 4.39 Å². The number of nitrogens with zero attached hydrogens (tertiary/aromatic N) is 1. The molecule has 2 N–H and O–H groups in total. The fourth-order valence-electron chi connectivity index (χ4n) is 2.38. The molecular formula is C20H26FN3O. The van der Waals surface area contributed by atoms with Gasteiger partial charge in [-0.15, -0.1) is 0 Å². The summed E-state index contributed by atoms with van der Waals surface area (Å²) in [6, 6.07) is 14.6. The SMILES string of the molecule is CN=C(NCCc1ccc(F)cc1)NCc1cccc(OC(C)C)c1. The molecule has 0 fully saturated rings. The van der Waals surface area contributed by atoms with Crippen LogP contribution in [-0.4, -0.2) is 25.7 Å². The van der Waals surface area contributed by atoms with E-state index >= 15 is 0 Å². The van der Waals surface area contributed by atoms with Crippen molar-refractivity contribution < 1.29 is 9.13 Å². The molecule has 0 heterocycles. The van der Waals surface area contributed by atoms with Crippen LogP contribution in [-0.2, 0) is 13.0 Å². The van der Waals surface area contributed by atoms with Gasteiger partial charge in [-0.05, 0) is 55.7 Å². The Morgan fingerprint density at radius 2 is 1.84 bits per heavy atom. The quantitative estimate of drug-likeness (QED) is 0.597. The average molecular weight is 343 g/mol. The summed E-state index contributed by atoms with van der Waals surface area (Å²) in [5.41, 5.74) is 2.21. The van der Waals surface area contributed by atoms with Gasteiger partial charge < -0.3 is 15.4 Å². The molecule has 0 atom stereocenters. The van der Waals surface area contributed by atoms with Gasteiger partial charge in [-0.3, -0.25) is 4.99 Å². The van der Waals surface area contributed by atoms with E-state index in [9.17, 15) is 4.39 Å². The maximum absolute atomic E-state index is 12.9. The van der Waals surface area contributed by atoms with Crippen molar-refractivity contribution in [1.82, 2.24) is 10.6 Å². The van der Waals surface area contributed by atoms with E-state index in [1.165, 1.54) is 12.1 Å². The number of halogens is 1. The minimum Gasteiger partial charge on any atom is -0.491 e. The van der Waals surface area contributed by atoms with Crippen molar-refractivity contribution in [3.63, 3.8) is 0 Å². The third-order valence-corrected chi connectivity index (χ3v) is 3.57. The Balaban J connectivity index is 1.79. The third kappa shape index (κ3) is 6.83. The molecule has 0 aliphatic rings. The van der Waals surface area contributed by atoms with Gasteiger partial charge in [0.25, 0.3) is 0 Å². The molecule has 5 heteroatoms. The fraction of sp³-hybridized carbons (Fsp3) is 0.350. The first-order valence-electron chi connectivity index (χ1n) is 8.51. The Bertz CT molecular complexity index is 684. The van der Waals surface area contributed by atoms with Gasteiger partial charge >= 0.3 is 0 Å². The summed E-state index contributed by atoms with van der Waals surface area (Å²) < 4.78 is 18.6. The van der Waals surface area contributed by atoms with Gasteiger partial charge in [0.1, 0.15) is 11.6 Å². The molecule has 2 aromatic rings. The van der Waals surface area contributed by atoms with Crippen LogP contribution in [0.4, 0.5) is 4.39 Å². The van der Waals surface area contributed by atoms with Crippen LogP contribution >= 0.6 is 0 Å². The van der Waals surface area contributed by atoms with E-state index in [-0.39, 0.29) is 11.9 Å². The lowest BCUT2D eigenvalue weighted by atomic mass is 10.1. The standard InChI is InChI=1S/C20H26FN3O/c1-15(2)25-19-6-4-5-17(13-19)14-24-20(22-3)23-12-11-16-7-9-18(21)10-8-16/h4-10,13,15H,11-12,14H2,1-3H3,(H2,22,23,24). The van der Waals surface area contributed by atoms with Crippen molar-refractivity contribution in [2.75, 3.05) is 13.6 Å². The zero-order valence-electron chi connectivity index (χ0n) is 15.1. The Kier molecular flexibility index (Phi) is 7.26. The number of aliphatic imine (C=N–C) groups is 1. The van der Waals surface area contributed by atoms with E-state index in [2.05, 4.69) is 15.6 Å². The molecule has 0 saturated carbocycles. The first-order valence-corrected chi connectivity index (χ1v) is 8.51. The maximum Gasteiger partial charge on any atom is 0.191 e. The maximum atomic E-state index is 12.9. The van der Waals surface area contributed by atoms with E-state index in [0.29, 0.717) is 6.54 Å². The molecule has 0 saturated heterocycles. The smallest absolute Gasteiger partial charge is 0.191 e. The van der Waals surface area contributed by atoms with Crippen molar-refractivity contribution in [2.24, 2.45) is 4.99 Å². The second kappa shape index (κ2) is 9.67. The summed E-state index contributed by atoms with van der Waals surface area (Å²) in [6.45, 7) is 5.41. The molecular weight excluding hydrogens is 317 g/mol. The highest BCUT2D eigenvalue weighted by Crippen LogP contribution is 2.14. The lowest BCUT2D eigenvalue weighted by Crippen LogP contribution is -2.37. The number of rotatable bonds is 7. The van der Waals surface area contributed by atoms with E-state index in [0.717, 1.165) is 35.8 Å². The Hall–Kier alpha value is -2.56. The predicted octanol–water partition coefficient (Wildman–Crippen LogP) is 3.52.